The number of alkyl halides is 5. The maximum absolute atomic E-state index is 14.0. The first-order chi connectivity index (χ1) is 15.5. The molecule has 1 aliphatic carbocycles. The van der Waals surface area contributed by atoms with E-state index in [1.54, 1.807) is 0 Å². The summed E-state index contributed by atoms with van der Waals surface area (Å²) < 4.78 is 90.3. The summed E-state index contributed by atoms with van der Waals surface area (Å²) in [6, 6.07) is 6.56. The highest BCUT2D eigenvalue weighted by atomic mass is 31.2. The summed E-state index contributed by atoms with van der Waals surface area (Å²) >= 11 is 0. The lowest BCUT2D eigenvalue weighted by molar-refractivity contribution is -0.138. The Kier molecular flexibility index (Phi) is 7.38. The molecule has 0 aromatic heterocycles. The van der Waals surface area contributed by atoms with Crippen LogP contribution in [0.4, 0.5) is 22.0 Å². The SMILES string of the molecule is CC(N)(COP(=O)(O)O)c1ccc2c(C(F)(F)F)c(OC3CCC(C(C)(F)F)CC3)ccc2c1. The number of phosphoric acid groups is 1. The van der Waals surface area contributed by atoms with E-state index < -0.39 is 49.7 Å². The highest BCUT2D eigenvalue weighted by Gasteiger charge is 2.40. The van der Waals surface area contributed by atoms with E-state index in [-0.39, 0.29) is 42.2 Å². The van der Waals surface area contributed by atoms with E-state index >= 15 is 0 Å². The predicted octanol–water partition coefficient (Wildman–Crippen LogP) is 5.73. The lowest BCUT2D eigenvalue weighted by Crippen LogP contribution is -2.37. The minimum Gasteiger partial charge on any atom is -0.490 e. The monoisotopic (exact) mass is 511 g/mol. The van der Waals surface area contributed by atoms with E-state index in [4.69, 9.17) is 20.3 Å². The highest BCUT2D eigenvalue weighted by molar-refractivity contribution is 7.46. The molecule has 2 aromatic carbocycles. The molecule has 0 amide bonds. The minimum absolute atomic E-state index is 0.144. The number of nitrogens with two attached hydrogens (primary N) is 1. The molecule has 0 radical (unpaired) electrons. The van der Waals surface area contributed by atoms with Crippen molar-refractivity contribution in [2.24, 2.45) is 11.7 Å². The molecule has 0 heterocycles. The van der Waals surface area contributed by atoms with Crippen LogP contribution in [0.2, 0.25) is 0 Å². The third-order valence-electron chi connectivity index (χ3n) is 6.14. The number of halogens is 5. The average Bonchev–Trinajstić information content (AvgIpc) is 2.70. The van der Waals surface area contributed by atoms with Gasteiger partial charge in [-0.2, -0.15) is 13.2 Å². The van der Waals surface area contributed by atoms with Gasteiger partial charge in [0.1, 0.15) is 11.3 Å². The molecular weight excluding hydrogens is 484 g/mol. The fourth-order valence-corrected chi connectivity index (χ4v) is 4.66. The van der Waals surface area contributed by atoms with Crippen molar-refractivity contribution in [3.8, 4) is 5.75 Å². The lowest BCUT2D eigenvalue weighted by atomic mass is 9.83. The second-order valence-electron chi connectivity index (χ2n) is 9.10. The fourth-order valence-electron chi connectivity index (χ4n) is 4.22. The van der Waals surface area contributed by atoms with Gasteiger partial charge in [-0.15, -0.1) is 0 Å². The number of benzene rings is 2. The molecule has 190 valence electrons. The van der Waals surface area contributed by atoms with Crippen LogP contribution in [0.5, 0.6) is 5.75 Å². The number of phosphoric ester groups is 1. The maximum atomic E-state index is 14.0. The van der Waals surface area contributed by atoms with Gasteiger partial charge in [0, 0.05) is 5.92 Å². The standard InChI is InChI=1S/C22H27F5NO5P/c1-20(28,12-32-34(29,30)31)15-6-9-17-13(11-15)3-10-18(19(17)22(25,26)27)33-16-7-4-14(5-8-16)21(2,23)24/h3,6,9-11,14,16H,4-5,7-8,12,28H2,1-2H3,(H2,29,30,31). The van der Waals surface area contributed by atoms with Gasteiger partial charge in [0.05, 0.1) is 18.2 Å². The van der Waals surface area contributed by atoms with E-state index in [2.05, 4.69) is 4.52 Å². The Hall–Kier alpha value is -1.78. The van der Waals surface area contributed by atoms with Crippen molar-refractivity contribution in [3.63, 3.8) is 0 Å². The quantitative estimate of drug-likeness (QED) is 0.324. The van der Waals surface area contributed by atoms with E-state index in [0.29, 0.717) is 5.56 Å². The van der Waals surface area contributed by atoms with Crippen LogP contribution < -0.4 is 10.5 Å². The van der Waals surface area contributed by atoms with Crippen LogP contribution in [-0.4, -0.2) is 28.4 Å². The number of hydrogen-bond acceptors (Lipinski definition) is 4. The summed E-state index contributed by atoms with van der Waals surface area (Å²) in [4.78, 5) is 17.8. The topological polar surface area (TPSA) is 102 Å². The van der Waals surface area contributed by atoms with Crippen molar-refractivity contribution in [2.75, 3.05) is 6.61 Å². The van der Waals surface area contributed by atoms with Crippen LogP contribution in [0.15, 0.2) is 30.3 Å². The molecule has 1 saturated carbocycles. The molecule has 34 heavy (non-hydrogen) atoms. The third kappa shape index (κ3) is 6.46. The summed E-state index contributed by atoms with van der Waals surface area (Å²) in [6.45, 7) is 1.72. The Bertz CT molecular complexity index is 1070. The molecule has 1 fully saturated rings. The summed E-state index contributed by atoms with van der Waals surface area (Å²) in [5.41, 5.74) is 4.03. The molecule has 1 unspecified atom stereocenters. The van der Waals surface area contributed by atoms with Crippen molar-refractivity contribution < 1.29 is 45.6 Å². The zero-order valence-electron chi connectivity index (χ0n) is 18.6. The molecule has 3 rings (SSSR count). The van der Waals surface area contributed by atoms with Crippen molar-refractivity contribution >= 4 is 18.6 Å². The molecule has 0 aliphatic heterocycles. The van der Waals surface area contributed by atoms with Gasteiger partial charge in [-0.1, -0.05) is 18.2 Å². The first-order valence-corrected chi connectivity index (χ1v) is 12.2. The van der Waals surface area contributed by atoms with Crippen LogP contribution >= 0.6 is 7.82 Å². The maximum Gasteiger partial charge on any atom is 0.469 e. The first-order valence-electron chi connectivity index (χ1n) is 10.7. The normalized spacial score (nSPS) is 21.9. The smallest absolute Gasteiger partial charge is 0.469 e. The summed E-state index contributed by atoms with van der Waals surface area (Å²) in [5, 5.41) is 0.0496. The summed E-state index contributed by atoms with van der Waals surface area (Å²) in [5.74, 6) is -4.03. The van der Waals surface area contributed by atoms with E-state index in [1.807, 2.05) is 0 Å². The van der Waals surface area contributed by atoms with Gasteiger partial charge >= 0.3 is 14.0 Å². The molecule has 1 aliphatic rings. The predicted molar refractivity (Wildman–Crippen MR) is 115 cm³/mol. The van der Waals surface area contributed by atoms with Gasteiger partial charge in [-0.25, -0.2) is 13.3 Å². The van der Waals surface area contributed by atoms with Crippen molar-refractivity contribution in [2.45, 2.75) is 63.3 Å². The number of fused-ring (bicyclic) bond motifs is 1. The van der Waals surface area contributed by atoms with Gasteiger partial charge in [0.15, 0.2) is 0 Å². The number of ether oxygens (including phenoxy) is 1. The van der Waals surface area contributed by atoms with Gasteiger partial charge < -0.3 is 20.3 Å². The Morgan fingerprint density at radius 3 is 2.18 bits per heavy atom. The first kappa shape index (κ1) is 26.8. The molecule has 6 nitrogen and oxygen atoms in total. The summed E-state index contributed by atoms with van der Waals surface area (Å²) in [6.07, 6.45) is -4.56. The van der Waals surface area contributed by atoms with Gasteiger partial charge in [-0.3, -0.25) is 4.52 Å². The second-order valence-corrected chi connectivity index (χ2v) is 10.3. The molecule has 12 heteroatoms. The number of hydrogen-bond donors (Lipinski definition) is 3. The van der Waals surface area contributed by atoms with Gasteiger partial charge in [0.2, 0.25) is 5.92 Å². The fraction of sp³-hybridized carbons (Fsp3) is 0.545. The Morgan fingerprint density at radius 1 is 1.03 bits per heavy atom. The average molecular weight is 511 g/mol. The van der Waals surface area contributed by atoms with Crippen LogP contribution in [0.3, 0.4) is 0 Å². The molecule has 2 aromatic rings. The molecule has 4 N–H and O–H groups in total. The minimum atomic E-state index is -4.79. The van der Waals surface area contributed by atoms with Crippen molar-refractivity contribution in [1.82, 2.24) is 0 Å². The Labute approximate surface area is 193 Å². The van der Waals surface area contributed by atoms with E-state index in [0.717, 1.165) is 6.92 Å². The largest absolute Gasteiger partial charge is 0.490 e. The van der Waals surface area contributed by atoms with Crippen molar-refractivity contribution in [1.29, 1.82) is 0 Å². The Balaban J connectivity index is 1.90. The van der Waals surface area contributed by atoms with E-state index in [1.165, 1.54) is 37.3 Å². The molecule has 0 saturated heterocycles. The zero-order chi connectivity index (χ0) is 25.5. The van der Waals surface area contributed by atoms with Crippen LogP contribution in [0.1, 0.15) is 50.7 Å². The van der Waals surface area contributed by atoms with Gasteiger partial charge in [0.25, 0.3) is 0 Å². The molecule has 0 spiro atoms. The van der Waals surface area contributed by atoms with Crippen LogP contribution in [-0.2, 0) is 20.8 Å². The lowest BCUT2D eigenvalue weighted by Gasteiger charge is -2.32. The molecule has 1 atom stereocenters. The Morgan fingerprint density at radius 2 is 1.65 bits per heavy atom. The van der Waals surface area contributed by atoms with Crippen LogP contribution in [0, 0.1) is 5.92 Å². The van der Waals surface area contributed by atoms with Crippen molar-refractivity contribution in [3.05, 3.63) is 41.5 Å². The second kappa shape index (κ2) is 9.35. The van der Waals surface area contributed by atoms with E-state index in [9.17, 15) is 26.5 Å². The molecular formula is C22H27F5NO5P. The highest BCUT2D eigenvalue weighted by Crippen LogP contribution is 2.44. The summed E-state index contributed by atoms with van der Waals surface area (Å²) in [7, 11) is -4.79. The van der Waals surface area contributed by atoms with Gasteiger partial charge in [-0.05, 0) is 68.0 Å². The molecule has 0 bridgehead atoms. The number of rotatable bonds is 7. The van der Waals surface area contributed by atoms with Crippen LogP contribution in [0.25, 0.3) is 10.8 Å². The zero-order valence-corrected chi connectivity index (χ0v) is 19.5. The third-order valence-corrected chi connectivity index (χ3v) is 6.61.